The van der Waals surface area contributed by atoms with Gasteiger partial charge in [-0.15, -0.1) is 0 Å². The Hall–Kier alpha value is -2.83. The van der Waals surface area contributed by atoms with Gasteiger partial charge in [-0.3, -0.25) is 4.79 Å². The Morgan fingerprint density at radius 2 is 2.00 bits per heavy atom. The number of nitrogens with zero attached hydrogens (tertiary/aromatic N) is 2. The minimum Gasteiger partial charge on any atom is -0.481 e. The summed E-state index contributed by atoms with van der Waals surface area (Å²) in [5, 5.41) is 11.5. The quantitative estimate of drug-likeness (QED) is 0.807. The van der Waals surface area contributed by atoms with Gasteiger partial charge in [0.15, 0.2) is 0 Å². The molecule has 1 N–H and O–H groups in total. The number of halogens is 3. The average Bonchev–Trinajstić information content (AvgIpc) is 2.86. The number of hydrogen-bond acceptors (Lipinski definition) is 2. The lowest BCUT2D eigenvalue weighted by Gasteiger charge is -2.15. The second-order valence-electron chi connectivity index (χ2n) is 5.11. The first-order chi connectivity index (χ1) is 11.6. The Bertz CT molecular complexity index is 826. The molecule has 2 rings (SSSR count). The molecule has 25 heavy (non-hydrogen) atoms. The molecule has 0 aliphatic carbocycles. The molecule has 0 fully saturated rings. The van der Waals surface area contributed by atoms with Gasteiger partial charge in [-0.2, -0.15) is 18.3 Å². The van der Waals surface area contributed by atoms with Crippen molar-refractivity contribution >= 4 is 17.1 Å². The second-order valence-corrected chi connectivity index (χ2v) is 5.11. The molecular formula is C18H19F3N2O2. The predicted octanol–water partition coefficient (Wildman–Crippen LogP) is 4.81. The van der Waals surface area contributed by atoms with Crippen LogP contribution in [0.2, 0.25) is 0 Å². The third-order valence-electron chi connectivity index (χ3n) is 3.19. The summed E-state index contributed by atoms with van der Waals surface area (Å²) in [6.07, 6.45) is 2.72. The van der Waals surface area contributed by atoms with Crippen molar-refractivity contribution in [3.63, 3.8) is 0 Å². The second kappa shape index (κ2) is 8.32. The number of rotatable bonds is 3. The first-order valence-electron chi connectivity index (χ1n) is 7.32. The summed E-state index contributed by atoms with van der Waals surface area (Å²) in [6, 6.07) is 3.32. The van der Waals surface area contributed by atoms with Gasteiger partial charge in [-0.1, -0.05) is 24.8 Å². The molecule has 2 aromatic rings. The summed E-state index contributed by atoms with van der Waals surface area (Å²) in [5.74, 6) is -0.833. The Morgan fingerprint density at radius 3 is 2.48 bits per heavy atom. The molecule has 0 unspecified atom stereocenters. The highest BCUT2D eigenvalue weighted by atomic mass is 19.4. The van der Waals surface area contributed by atoms with Crippen LogP contribution in [-0.2, 0) is 4.79 Å². The molecule has 0 aliphatic heterocycles. The smallest absolute Gasteiger partial charge is 0.416 e. The van der Waals surface area contributed by atoms with Crippen molar-refractivity contribution in [3.8, 4) is 0 Å². The Kier molecular flexibility index (Phi) is 6.73. The van der Waals surface area contributed by atoms with Crippen LogP contribution in [0.4, 0.5) is 13.2 Å². The maximum Gasteiger partial charge on any atom is 0.416 e. The molecule has 0 atom stereocenters. The number of pyridine rings is 1. The van der Waals surface area contributed by atoms with Gasteiger partial charge in [0.25, 0.3) is 5.97 Å². The number of carbonyl (C=O) groups is 1. The van der Waals surface area contributed by atoms with E-state index in [1.54, 1.807) is 29.0 Å². The Balaban J connectivity index is 0.000000705. The summed E-state index contributed by atoms with van der Waals surface area (Å²) < 4.78 is 41.1. The SMILES string of the molecule is C=C/C=C(\C(=C/C)C(F)(F)F)c1ccn2ncc(C)c2c1.CC(=O)O. The van der Waals surface area contributed by atoms with Crippen LogP contribution >= 0.6 is 0 Å². The molecule has 2 heterocycles. The maximum absolute atomic E-state index is 13.2. The van der Waals surface area contributed by atoms with Gasteiger partial charge in [0.1, 0.15) is 0 Å². The van der Waals surface area contributed by atoms with E-state index in [0.29, 0.717) is 5.56 Å². The predicted molar refractivity (Wildman–Crippen MR) is 91.2 cm³/mol. The average molecular weight is 352 g/mol. The lowest BCUT2D eigenvalue weighted by molar-refractivity contribution is -0.134. The summed E-state index contributed by atoms with van der Waals surface area (Å²) in [4.78, 5) is 9.00. The highest BCUT2D eigenvalue weighted by Gasteiger charge is 2.35. The van der Waals surface area contributed by atoms with Crippen LogP contribution in [0.5, 0.6) is 0 Å². The molecule has 7 heteroatoms. The maximum atomic E-state index is 13.2. The summed E-state index contributed by atoms with van der Waals surface area (Å²) in [7, 11) is 0. The molecule has 0 aromatic carbocycles. The fourth-order valence-electron chi connectivity index (χ4n) is 2.20. The summed E-state index contributed by atoms with van der Waals surface area (Å²) in [5.41, 5.74) is 1.59. The molecule has 0 saturated heterocycles. The van der Waals surface area contributed by atoms with Crippen molar-refractivity contribution in [3.05, 3.63) is 66.0 Å². The van der Waals surface area contributed by atoms with E-state index in [2.05, 4.69) is 11.7 Å². The van der Waals surface area contributed by atoms with Crippen LogP contribution < -0.4 is 0 Å². The Morgan fingerprint density at radius 1 is 1.40 bits per heavy atom. The van der Waals surface area contributed by atoms with Crippen LogP contribution in [0.3, 0.4) is 0 Å². The van der Waals surface area contributed by atoms with Crippen molar-refractivity contribution in [1.82, 2.24) is 9.61 Å². The number of carboxylic acid groups (broad SMARTS) is 1. The molecule has 0 saturated carbocycles. The molecule has 2 aromatic heterocycles. The third-order valence-corrected chi connectivity index (χ3v) is 3.19. The van der Waals surface area contributed by atoms with E-state index in [9.17, 15) is 13.2 Å². The van der Waals surface area contributed by atoms with Crippen molar-refractivity contribution in [2.45, 2.75) is 26.9 Å². The zero-order valence-corrected chi connectivity index (χ0v) is 14.1. The number of hydrogen-bond donors (Lipinski definition) is 1. The molecule has 0 bridgehead atoms. The zero-order chi connectivity index (χ0) is 19.2. The minimum absolute atomic E-state index is 0.100. The van der Waals surface area contributed by atoms with Crippen molar-refractivity contribution in [1.29, 1.82) is 0 Å². The van der Waals surface area contributed by atoms with Crippen LogP contribution in [0.15, 0.2) is 54.9 Å². The van der Waals surface area contributed by atoms with E-state index in [-0.39, 0.29) is 5.57 Å². The van der Waals surface area contributed by atoms with E-state index in [1.165, 1.54) is 19.1 Å². The van der Waals surface area contributed by atoms with E-state index in [4.69, 9.17) is 9.90 Å². The van der Waals surface area contributed by atoms with Crippen LogP contribution in [-0.4, -0.2) is 26.9 Å². The van der Waals surface area contributed by atoms with E-state index in [0.717, 1.165) is 24.1 Å². The highest BCUT2D eigenvalue weighted by Crippen LogP contribution is 2.36. The van der Waals surface area contributed by atoms with Crippen LogP contribution in [0, 0.1) is 6.92 Å². The van der Waals surface area contributed by atoms with Gasteiger partial charge in [0, 0.05) is 13.1 Å². The van der Waals surface area contributed by atoms with Gasteiger partial charge in [0.05, 0.1) is 17.3 Å². The number of aromatic nitrogens is 2. The van der Waals surface area contributed by atoms with Crippen LogP contribution in [0.25, 0.3) is 11.1 Å². The van der Waals surface area contributed by atoms with Crippen molar-refractivity contribution in [2.75, 3.05) is 0 Å². The topological polar surface area (TPSA) is 54.6 Å². The number of allylic oxidation sites excluding steroid dienone is 5. The standard InChI is InChI=1S/C16H15F3N2.C2H4O2/c1-4-6-13(14(5-2)16(17,18)19)12-7-8-21-15(9-12)11(3)10-20-21;1-2(3)4/h4-10H,1H2,2-3H3;1H3,(H,3,4)/b13-6-,14-5+;. The number of carboxylic acids is 1. The number of aryl methyl sites for hydroxylation is 1. The molecule has 0 spiro atoms. The molecular weight excluding hydrogens is 333 g/mol. The molecule has 0 amide bonds. The fraction of sp³-hybridized carbons (Fsp3) is 0.222. The van der Waals surface area contributed by atoms with E-state index >= 15 is 0 Å². The summed E-state index contributed by atoms with van der Waals surface area (Å²) in [6.45, 7) is 7.83. The van der Waals surface area contributed by atoms with Crippen molar-refractivity contribution in [2.24, 2.45) is 0 Å². The van der Waals surface area contributed by atoms with Gasteiger partial charge in [-0.05, 0) is 42.7 Å². The molecule has 0 aliphatic rings. The Labute approximate surface area is 143 Å². The first kappa shape index (κ1) is 20.2. The van der Waals surface area contributed by atoms with Crippen LogP contribution in [0.1, 0.15) is 25.0 Å². The highest BCUT2D eigenvalue weighted by molar-refractivity contribution is 5.83. The fourth-order valence-corrected chi connectivity index (χ4v) is 2.20. The normalized spacial score (nSPS) is 12.6. The molecule has 4 nitrogen and oxygen atoms in total. The third kappa shape index (κ3) is 5.34. The van der Waals surface area contributed by atoms with Crippen molar-refractivity contribution < 1.29 is 23.1 Å². The van der Waals surface area contributed by atoms with E-state index in [1.807, 2.05) is 6.92 Å². The molecule has 0 radical (unpaired) electrons. The largest absolute Gasteiger partial charge is 0.481 e. The lowest BCUT2D eigenvalue weighted by atomic mass is 9.97. The minimum atomic E-state index is -4.41. The van der Waals surface area contributed by atoms with Gasteiger partial charge < -0.3 is 5.11 Å². The van der Waals surface area contributed by atoms with E-state index < -0.39 is 17.7 Å². The van der Waals surface area contributed by atoms with Gasteiger partial charge in [-0.25, -0.2) is 4.52 Å². The molecule has 134 valence electrons. The lowest BCUT2D eigenvalue weighted by Crippen LogP contribution is -2.13. The first-order valence-corrected chi connectivity index (χ1v) is 7.32. The zero-order valence-electron chi connectivity index (χ0n) is 14.1. The number of alkyl halides is 3. The number of fused-ring (bicyclic) bond motifs is 1. The monoisotopic (exact) mass is 352 g/mol. The van der Waals surface area contributed by atoms with Gasteiger partial charge >= 0.3 is 6.18 Å². The number of aliphatic carboxylic acids is 1. The summed E-state index contributed by atoms with van der Waals surface area (Å²) >= 11 is 0. The van der Waals surface area contributed by atoms with Gasteiger partial charge in [0.2, 0.25) is 0 Å².